The summed E-state index contributed by atoms with van der Waals surface area (Å²) in [5, 5.41) is 5.09. The molecule has 2 fully saturated rings. The van der Waals surface area contributed by atoms with Gasteiger partial charge in [0.05, 0.1) is 24.5 Å². The topological polar surface area (TPSA) is 120 Å². The van der Waals surface area contributed by atoms with E-state index in [1.54, 1.807) is 13.2 Å². The molecule has 4 rings (SSSR count). The lowest BCUT2D eigenvalue weighted by atomic mass is 10.0. The largest absolute Gasteiger partial charge is 0.383 e. The van der Waals surface area contributed by atoms with Crippen LogP contribution in [0.2, 0.25) is 0 Å². The van der Waals surface area contributed by atoms with E-state index in [-0.39, 0.29) is 23.5 Å². The molecule has 3 amide bonds. The molecule has 1 aromatic heterocycles. The molecule has 10 nitrogen and oxygen atoms in total. The Hall–Kier alpha value is -3.47. The number of nitrogens with zero attached hydrogens (tertiary/aromatic N) is 3. The lowest BCUT2D eigenvalue weighted by Gasteiger charge is -2.38. The van der Waals surface area contributed by atoms with E-state index in [0.29, 0.717) is 26.0 Å². The molecule has 3 N–H and O–H groups in total. The fraction of sp³-hybridized carbons (Fsp3) is 0.478. The summed E-state index contributed by atoms with van der Waals surface area (Å²) >= 11 is 0. The maximum absolute atomic E-state index is 15.2. The quantitative estimate of drug-likeness (QED) is 0.593. The van der Waals surface area contributed by atoms with Crippen molar-refractivity contribution in [3.8, 4) is 0 Å². The molecule has 3 heterocycles. The second-order valence-corrected chi connectivity index (χ2v) is 8.51. The minimum atomic E-state index is -0.802. The van der Waals surface area contributed by atoms with Crippen LogP contribution in [0.5, 0.6) is 0 Å². The van der Waals surface area contributed by atoms with Gasteiger partial charge in [-0.25, -0.2) is 14.2 Å². The molecule has 34 heavy (non-hydrogen) atoms. The van der Waals surface area contributed by atoms with Gasteiger partial charge in [-0.3, -0.25) is 14.9 Å². The van der Waals surface area contributed by atoms with Crippen molar-refractivity contribution in [2.45, 2.75) is 44.2 Å². The molecule has 0 spiro atoms. The smallest absolute Gasteiger partial charge is 0.321 e. The highest BCUT2D eigenvalue weighted by molar-refractivity contribution is 6.01. The Kier molecular flexibility index (Phi) is 7.41. The highest BCUT2D eigenvalue weighted by atomic mass is 19.1. The standard InChI is InChI=1S/C23H29FN6O4/c1-34-14-16-5-2-3-9-29(16)15-7-8-19(17(24)11-15)30-10-4-6-18(22(30)32)27-23(33)28-20-12-26-21(31)13-25-20/h7-8,11-13,16,18H,2-6,9-10,14H2,1H3,(H,26,31)(H2,25,27,28,33)/t16?,18-/m1/s1. The molecule has 0 bridgehead atoms. The van der Waals surface area contributed by atoms with Crippen LogP contribution >= 0.6 is 0 Å². The number of halogens is 1. The zero-order valence-corrected chi connectivity index (χ0v) is 19.1. The summed E-state index contributed by atoms with van der Waals surface area (Å²) in [7, 11) is 1.67. The van der Waals surface area contributed by atoms with Gasteiger partial charge in [0.1, 0.15) is 17.7 Å². The zero-order valence-electron chi connectivity index (χ0n) is 19.1. The van der Waals surface area contributed by atoms with Crippen molar-refractivity contribution in [2.75, 3.05) is 41.9 Å². The van der Waals surface area contributed by atoms with Gasteiger partial charge in [0.25, 0.3) is 5.56 Å². The summed E-state index contributed by atoms with van der Waals surface area (Å²) in [6, 6.07) is 3.71. The van der Waals surface area contributed by atoms with Gasteiger partial charge < -0.3 is 24.8 Å². The Morgan fingerprint density at radius 3 is 2.82 bits per heavy atom. The second-order valence-electron chi connectivity index (χ2n) is 8.51. The molecule has 0 saturated carbocycles. The van der Waals surface area contributed by atoms with Gasteiger partial charge in [-0.1, -0.05) is 0 Å². The van der Waals surface area contributed by atoms with Gasteiger partial charge in [-0.05, 0) is 50.3 Å². The Labute approximate surface area is 196 Å². The number of benzene rings is 1. The molecule has 2 aromatic rings. The summed E-state index contributed by atoms with van der Waals surface area (Å²) in [4.78, 5) is 46.2. The van der Waals surface area contributed by atoms with Crippen molar-refractivity contribution in [1.82, 2.24) is 15.3 Å². The summed E-state index contributed by atoms with van der Waals surface area (Å²) < 4.78 is 20.5. The molecule has 2 saturated heterocycles. The van der Waals surface area contributed by atoms with E-state index in [1.807, 2.05) is 6.07 Å². The van der Waals surface area contributed by atoms with Crippen LogP contribution in [0.25, 0.3) is 0 Å². The summed E-state index contributed by atoms with van der Waals surface area (Å²) in [5.41, 5.74) is 0.574. The van der Waals surface area contributed by atoms with E-state index in [2.05, 4.69) is 25.5 Å². The van der Waals surface area contributed by atoms with Gasteiger partial charge in [0, 0.05) is 32.1 Å². The normalized spacial score (nSPS) is 20.8. The first-order valence-electron chi connectivity index (χ1n) is 11.4. The highest BCUT2D eigenvalue weighted by Gasteiger charge is 2.33. The van der Waals surface area contributed by atoms with Crippen LogP contribution in [0.15, 0.2) is 35.4 Å². The third kappa shape index (κ3) is 5.36. The molecular weight excluding hydrogens is 443 g/mol. The van der Waals surface area contributed by atoms with Crippen molar-refractivity contribution in [2.24, 2.45) is 0 Å². The first-order valence-corrected chi connectivity index (χ1v) is 11.4. The monoisotopic (exact) mass is 472 g/mol. The Bertz CT molecular complexity index is 1070. The third-order valence-corrected chi connectivity index (χ3v) is 6.20. The lowest BCUT2D eigenvalue weighted by Crippen LogP contribution is -2.53. The second kappa shape index (κ2) is 10.6. The highest BCUT2D eigenvalue weighted by Crippen LogP contribution is 2.31. The van der Waals surface area contributed by atoms with Gasteiger partial charge in [0.2, 0.25) is 5.91 Å². The Balaban J connectivity index is 1.44. The number of rotatable bonds is 6. The fourth-order valence-electron chi connectivity index (χ4n) is 4.57. The number of carbonyl (C=O) groups is 2. The molecule has 11 heteroatoms. The number of piperidine rings is 2. The van der Waals surface area contributed by atoms with Crippen molar-refractivity contribution < 1.29 is 18.7 Å². The van der Waals surface area contributed by atoms with Gasteiger partial charge in [-0.15, -0.1) is 0 Å². The number of carbonyl (C=O) groups excluding carboxylic acids is 2. The van der Waals surface area contributed by atoms with Crippen LogP contribution in [-0.2, 0) is 9.53 Å². The summed E-state index contributed by atoms with van der Waals surface area (Å²) in [6.45, 7) is 1.78. The van der Waals surface area contributed by atoms with Gasteiger partial charge in [0.15, 0.2) is 0 Å². The zero-order chi connectivity index (χ0) is 24.1. The molecular formula is C23H29FN6O4. The SMILES string of the molecule is COCC1CCCCN1c1ccc(N2CCC[C@@H](NC(=O)Nc3c[nH]c(=O)cn3)C2=O)c(F)c1. The first kappa shape index (κ1) is 23.7. The van der Waals surface area contributed by atoms with Crippen LogP contribution in [0.3, 0.4) is 0 Å². The van der Waals surface area contributed by atoms with E-state index in [4.69, 9.17) is 4.74 Å². The minimum absolute atomic E-state index is 0.142. The van der Waals surface area contributed by atoms with Crippen molar-refractivity contribution in [3.05, 3.63) is 46.8 Å². The molecule has 0 radical (unpaired) electrons. The van der Waals surface area contributed by atoms with E-state index in [0.717, 1.165) is 37.7 Å². The number of urea groups is 1. The van der Waals surface area contributed by atoms with Crippen LogP contribution in [-0.4, -0.2) is 60.8 Å². The third-order valence-electron chi connectivity index (χ3n) is 6.20. The van der Waals surface area contributed by atoms with E-state index in [9.17, 15) is 14.4 Å². The molecule has 0 aliphatic carbocycles. The Morgan fingerprint density at radius 1 is 1.24 bits per heavy atom. The number of ether oxygens (including phenoxy) is 1. The van der Waals surface area contributed by atoms with E-state index in [1.165, 1.54) is 17.2 Å². The summed E-state index contributed by atoms with van der Waals surface area (Å²) in [6.07, 6.45) is 6.49. The van der Waals surface area contributed by atoms with E-state index < -0.39 is 23.4 Å². The first-order chi connectivity index (χ1) is 16.5. The van der Waals surface area contributed by atoms with Crippen LogP contribution in [0.4, 0.5) is 26.4 Å². The van der Waals surface area contributed by atoms with Crippen LogP contribution in [0.1, 0.15) is 32.1 Å². The lowest BCUT2D eigenvalue weighted by molar-refractivity contribution is -0.121. The molecule has 2 aliphatic heterocycles. The number of aromatic amines is 1. The maximum Gasteiger partial charge on any atom is 0.321 e. The number of amides is 3. The van der Waals surface area contributed by atoms with Gasteiger partial charge in [-0.2, -0.15) is 0 Å². The minimum Gasteiger partial charge on any atom is -0.383 e. The molecule has 2 atom stereocenters. The number of nitrogens with one attached hydrogen (secondary N) is 3. The van der Waals surface area contributed by atoms with Crippen molar-refractivity contribution in [1.29, 1.82) is 0 Å². The van der Waals surface area contributed by atoms with Crippen molar-refractivity contribution >= 4 is 29.1 Å². The number of hydrogen-bond donors (Lipinski definition) is 3. The average molecular weight is 473 g/mol. The number of methoxy groups -OCH3 is 1. The predicted molar refractivity (Wildman–Crippen MR) is 126 cm³/mol. The fourth-order valence-corrected chi connectivity index (χ4v) is 4.57. The molecule has 1 aromatic carbocycles. The van der Waals surface area contributed by atoms with Crippen molar-refractivity contribution in [3.63, 3.8) is 0 Å². The Morgan fingerprint density at radius 2 is 2.09 bits per heavy atom. The van der Waals surface area contributed by atoms with E-state index >= 15 is 4.39 Å². The number of hydrogen-bond acceptors (Lipinski definition) is 6. The maximum atomic E-state index is 15.2. The number of aromatic nitrogens is 2. The predicted octanol–water partition coefficient (Wildman–Crippen LogP) is 2.23. The van der Waals surface area contributed by atoms with Crippen LogP contribution in [0, 0.1) is 5.82 Å². The molecule has 2 aliphatic rings. The number of anilines is 3. The molecule has 182 valence electrons. The van der Waals surface area contributed by atoms with Gasteiger partial charge >= 0.3 is 6.03 Å². The number of H-pyrrole nitrogens is 1. The molecule has 1 unspecified atom stereocenters. The average Bonchev–Trinajstić information content (AvgIpc) is 2.83. The summed E-state index contributed by atoms with van der Waals surface area (Å²) in [5.74, 6) is -0.712. The van der Waals surface area contributed by atoms with Crippen LogP contribution < -0.4 is 26.0 Å².